The van der Waals surface area contributed by atoms with Crippen molar-refractivity contribution in [2.45, 2.75) is 12.3 Å². The third-order valence-corrected chi connectivity index (χ3v) is 2.95. The minimum atomic E-state index is 0.838. The van der Waals surface area contributed by atoms with E-state index in [-0.39, 0.29) is 0 Å². The molecule has 0 bridgehead atoms. The van der Waals surface area contributed by atoms with E-state index < -0.39 is 0 Å². The van der Waals surface area contributed by atoms with E-state index in [9.17, 15) is 0 Å². The van der Waals surface area contributed by atoms with E-state index in [0.29, 0.717) is 0 Å². The van der Waals surface area contributed by atoms with E-state index in [2.05, 4.69) is 37.0 Å². The number of rotatable bonds is 1. The number of hydrogen-bond donors (Lipinski definition) is 0. The van der Waals surface area contributed by atoms with Gasteiger partial charge in [0.25, 0.3) is 0 Å². The van der Waals surface area contributed by atoms with Crippen LogP contribution in [-0.2, 0) is 12.4 Å². The van der Waals surface area contributed by atoms with Gasteiger partial charge in [0, 0.05) is 12.4 Å². The second-order valence-electron chi connectivity index (χ2n) is 2.10. The second kappa shape index (κ2) is 3.05. The Bertz CT molecular complexity index is 242. The van der Waals surface area contributed by atoms with Crippen LogP contribution in [0.5, 0.6) is 0 Å². The Balaban J connectivity index is 3.20. The molecular weight excluding hydrogens is 260 g/mol. The highest BCUT2D eigenvalue weighted by Crippen LogP contribution is 2.21. The van der Waals surface area contributed by atoms with Crippen molar-refractivity contribution in [2.75, 3.05) is 0 Å². The lowest BCUT2D eigenvalue weighted by Gasteiger charge is -1.94. The first-order valence-electron chi connectivity index (χ1n) is 2.90. The van der Waals surface area contributed by atoms with Crippen molar-refractivity contribution in [3.63, 3.8) is 0 Å². The molecule has 0 amide bonds. The van der Waals surface area contributed by atoms with Gasteiger partial charge in [-0.25, -0.2) is 0 Å². The first kappa shape index (κ1) is 8.27. The topological polar surface area (TPSA) is 17.8 Å². The van der Waals surface area contributed by atoms with Crippen LogP contribution in [0.2, 0.25) is 0 Å². The summed E-state index contributed by atoms with van der Waals surface area (Å²) in [5.74, 6) is 0. The molecule has 4 heteroatoms. The molecule has 10 heavy (non-hydrogen) atoms. The van der Waals surface area contributed by atoms with Crippen LogP contribution in [0.4, 0.5) is 0 Å². The highest BCUT2D eigenvalue weighted by Gasteiger charge is 2.07. The van der Waals surface area contributed by atoms with Crippen molar-refractivity contribution in [3.8, 4) is 0 Å². The Morgan fingerprint density at radius 2 is 2.20 bits per heavy atom. The molecule has 0 atom stereocenters. The molecule has 0 radical (unpaired) electrons. The molecule has 0 N–H and O–H groups in total. The zero-order valence-corrected chi connectivity index (χ0v) is 9.03. The van der Waals surface area contributed by atoms with Gasteiger partial charge in [-0.2, -0.15) is 5.10 Å². The van der Waals surface area contributed by atoms with E-state index >= 15 is 0 Å². The number of hydrogen-bond acceptors (Lipinski definition) is 1. The standard InChI is InChI=1S/C6H8Br2N2/c1-4-6(8)5(3-7)10(2)9-4/h3H2,1-2H3. The zero-order chi connectivity index (χ0) is 7.72. The largest absolute Gasteiger partial charge is 0.270 e. The molecule has 0 aliphatic carbocycles. The third-order valence-electron chi connectivity index (χ3n) is 1.39. The molecule has 1 rings (SSSR count). The maximum absolute atomic E-state index is 4.22. The number of halogens is 2. The Kier molecular flexibility index (Phi) is 2.52. The van der Waals surface area contributed by atoms with E-state index in [1.54, 1.807) is 0 Å². The quantitative estimate of drug-likeness (QED) is 0.715. The summed E-state index contributed by atoms with van der Waals surface area (Å²) < 4.78 is 2.97. The normalized spacial score (nSPS) is 10.4. The van der Waals surface area contributed by atoms with Crippen molar-refractivity contribution >= 4 is 31.9 Å². The van der Waals surface area contributed by atoms with Crippen molar-refractivity contribution < 1.29 is 0 Å². The molecular formula is C6H8Br2N2. The highest BCUT2D eigenvalue weighted by molar-refractivity contribution is 9.10. The predicted molar refractivity (Wildman–Crippen MR) is 48.3 cm³/mol. The zero-order valence-electron chi connectivity index (χ0n) is 5.86. The molecule has 1 heterocycles. The van der Waals surface area contributed by atoms with E-state index in [1.165, 1.54) is 5.69 Å². The maximum atomic E-state index is 4.22. The molecule has 0 saturated carbocycles. The fraction of sp³-hybridized carbons (Fsp3) is 0.500. The summed E-state index contributed by atoms with van der Waals surface area (Å²) in [4.78, 5) is 0. The van der Waals surface area contributed by atoms with Crippen LogP contribution in [0.3, 0.4) is 0 Å². The molecule has 1 aromatic heterocycles. The van der Waals surface area contributed by atoms with Crippen LogP contribution in [0.1, 0.15) is 11.4 Å². The maximum Gasteiger partial charge on any atom is 0.0738 e. The summed E-state index contributed by atoms with van der Waals surface area (Å²) >= 11 is 6.83. The lowest BCUT2D eigenvalue weighted by Crippen LogP contribution is -1.94. The molecule has 0 spiro atoms. The van der Waals surface area contributed by atoms with Crippen molar-refractivity contribution in [3.05, 3.63) is 15.9 Å². The van der Waals surface area contributed by atoms with Crippen LogP contribution >= 0.6 is 31.9 Å². The van der Waals surface area contributed by atoms with Crippen molar-refractivity contribution in [1.82, 2.24) is 9.78 Å². The minimum absolute atomic E-state index is 0.838. The number of alkyl halides is 1. The average Bonchev–Trinajstić information content (AvgIpc) is 2.09. The monoisotopic (exact) mass is 266 g/mol. The molecule has 0 aliphatic heterocycles. The summed E-state index contributed by atoms with van der Waals surface area (Å²) in [5, 5.41) is 5.06. The first-order valence-corrected chi connectivity index (χ1v) is 4.82. The van der Waals surface area contributed by atoms with Crippen molar-refractivity contribution in [2.24, 2.45) is 7.05 Å². The summed E-state index contributed by atoms with van der Waals surface area (Å²) in [6.07, 6.45) is 0. The Labute approximate surface area is 76.9 Å². The molecule has 0 aliphatic rings. The van der Waals surface area contributed by atoms with E-state index in [4.69, 9.17) is 0 Å². The fourth-order valence-corrected chi connectivity index (χ4v) is 2.32. The number of aryl methyl sites for hydroxylation is 2. The minimum Gasteiger partial charge on any atom is -0.270 e. The lowest BCUT2D eigenvalue weighted by molar-refractivity contribution is 0.728. The lowest BCUT2D eigenvalue weighted by atomic mass is 10.4. The van der Waals surface area contributed by atoms with Crippen LogP contribution in [0, 0.1) is 6.92 Å². The first-order chi connectivity index (χ1) is 4.66. The smallest absolute Gasteiger partial charge is 0.0738 e. The highest BCUT2D eigenvalue weighted by atomic mass is 79.9. The molecule has 0 saturated heterocycles. The van der Waals surface area contributed by atoms with Gasteiger partial charge in [0.1, 0.15) is 0 Å². The van der Waals surface area contributed by atoms with Gasteiger partial charge in [-0.1, -0.05) is 15.9 Å². The van der Waals surface area contributed by atoms with Crippen LogP contribution < -0.4 is 0 Å². The predicted octanol–water partition coefficient (Wildman–Crippen LogP) is 2.39. The summed E-state index contributed by atoms with van der Waals surface area (Å²) in [5.41, 5.74) is 2.22. The van der Waals surface area contributed by atoms with E-state index in [0.717, 1.165) is 15.5 Å². The van der Waals surface area contributed by atoms with E-state index in [1.807, 2.05) is 18.7 Å². The van der Waals surface area contributed by atoms with Gasteiger partial charge < -0.3 is 0 Å². The summed E-state index contributed by atoms with van der Waals surface area (Å²) in [6, 6.07) is 0. The second-order valence-corrected chi connectivity index (χ2v) is 3.46. The SMILES string of the molecule is Cc1nn(C)c(CBr)c1Br. The van der Waals surface area contributed by atoms with Gasteiger partial charge in [-0.3, -0.25) is 4.68 Å². The van der Waals surface area contributed by atoms with Crippen LogP contribution in [0.15, 0.2) is 4.47 Å². The summed E-state index contributed by atoms with van der Waals surface area (Å²) in [7, 11) is 1.94. The van der Waals surface area contributed by atoms with Crippen LogP contribution in [0.25, 0.3) is 0 Å². The third kappa shape index (κ3) is 1.27. The van der Waals surface area contributed by atoms with Crippen molar-refractivity contribution in [1.29, 1.82) is 0 Å². The molecule has 0 aromatic carbocycles. The molecule has 0 fully saturated rings. The van der Waals surface area contributed by atoms with Crippen LogP contribution in [-0.4, -0.2) is 9.78 Å². The molecule has 2 nitrogen and oxygen atoms in total. The van der Waals surface area contributed by atoms with Gasteiger partial charge in [-0.05, 0) is 22.9 Å². The summed E-state index contributed by atoms with van der Waals surface area (Å²) in [6.45, 7) is 1.98. The number of nitrogens with zero attached hydrogens (tertiary/aromatic N) is 2. The molecule has 0 unspecified atom stereocenters. The van der Waals surface area contributed by atoms with Gasteiger partial charge in [0.15, 0.2) is 0 Å². The van der Waals surface area contributed by atoms with Gasteiger partial charge in [-0.15, -0.1) is 0 Å². The Morgan fingerprint density at radius 3 is 2.40 bits per heavy atom. The molecule has 56 valence electrons. The van der Waals surface area contributed by atoms with Gasteiger partial charge in [0.2, 0.25) is 0 Å². The Morgan fingerprint density at radius 1 is 1.60 bits per heavy atom. The van der Waals surface area contributed by atoms with Gasteiger partial charge in [0.05, 0.1) is 15.9 Å². The number of aromatic nitrogens is 2. The van der Waals surface area contributed by atoms with Gasteiger partial charge >= 0.3 is 0 Å². The fourth-order valence-electron chi connectivity index (χ4n) is 0.825. The molecule has 1 aromatic rings. The average molecular weight is 268 g/mol. The Hall–Kier alpha value is 0.170.